The molecule has 2 N–H and O–H groups in total. The lowest BCUT2D eigenvalue weighted by Crippen LogP contribution is -2.19. The quantitative estimate of drug-likeness (QED) is 0.804. The van der Waals surface area contributed by atoms with Crippen LogP contribution in [0.2, 0.25) is 0 Å². The van der Waals surface area contributed by atoms with Crippen molar-refractivity contribution in [2.24, 2.45) is 5.73 Å². The Labute approximate surface area is 83.9 Å². The van der Waals surface area contributed by atoms with Crippen LogP contribution in [0.4, 0.5) is 4.39 Å². The van der Waals surface area contributed by atoms with E-state index in [4.69, 9.17) is 10.5 Å². The summed E-state index contributed by atoms with van der Waals surface area (Å²) in [7, 11) is 1.54. The molecule has 1 rings (SSSR count). The van der Waals surface area contributed by atoms with Gasteiger partial charge in [0.15, 0.2) is 0 Å². The molecule has 0 saturated carbocycles. The molecule has 0 aliphatic carbocycles. The number of rotatable bonds is 3. The van der Waals surface area contributed by atoms with E-state index in [-0.39, 0.29) is 11.9 Å². The number of halogens is 1. The fourth-order valence-electron chi connectivity index (χ4n) is 1.44. The van der Waals surface area contributed by atoms with Gasteiger partial charge in [-0.25, -0.2) is 4.39 Å². The lowest BCUT2D eigenvalue weighted by atomic mass is 10.0. The summed E-state index contributed by atoms with van der Waals surface area (Å²) in [4.78, 5) is 0. The molecule has 0 unspecified atom stereocenters. The molecule has 0 saturated heterocycles. The second-order valence-corrected chi connectivity index (χ2v) is 3.61. The van der Waals surface area contributed by atoms with Crippen molar-refractivity contribution in [2.75, 3.05) is 7.11 Å². The summed E-state index contributed by atoms with van der Waals surface area (Å²) in [6.07, 6.45) is 0.495. The lowest BCUT2D eigenvalue weighted by Gasteiger charge is -2.12. The molecule has 14 heavy (non-hydrogen) atoms. The van der Waals surface area contributed by atoms with E-state index in [1.54, 1.807) is 7.11 Å². The Kier molecular flexibility index (Phi) is 3.47. The molecule has 0 heterocycles. The highest BCUT2D eigenvalue weighted by molar-refractivity contribution is 5.38. The van der Waals surface area contributed by atoms with E-state index in [1.807, 2.05) is 19.9 Å². The van der Waals surface area contributed by atoms with Crippen molar-refractivity contribution in [3.63, 3.8) is 0 Å². The standard InChI is InChI=1S/C11H16FNO/c1-7-4-10(12)9(6-8(2)13)11(5-7)14-3/h4-5,8H,6,13H2,1-3H3/t8-/m1/s1. The van der Waals surface area contributed by atoms with Gasteiger partial charge in [-0.15, -0.1) is 0 Å². The highest BCUT2D eigenvalue weighted by Crippen LogP contribution is 2.24. The molecule has 0 bridgehead atoms. The van der Waals surface area contributed by atoms with Gasteiger partial charge in [-0.3, -0.25) is 0 Å². The zero-order valence-corrected chi connectivity index (χ0v) is 8.80. The summed E-state index contributed by atoms with van der Waals surface area (Å²) in [5.74, 6) is 0.346. The Morgan fingerprint density at radius 3 is 2.64 bits per heavy atom. The van der Waals surface area contributed by atoms with Crippen LogP contribution in [0.25, 0.3) is 0 Å². The molecule has 0 radical (unpaired) electrons. The summed E-state index contributed by atoms with van der Waals surface area (Å²) < 4.78 is 18.6. The second-order valence-electron chi connectivity index (χ2n) is 3.61. The monoisotopic (exact) mass is 197 g/mol. The van der Waals surface area contributed by atoms with Crippen LogP contribution >= 0.6 is 0 Å². The van der Waals surface area contributed by atoms with Crippen LogP contribution < -0.4 is 10.5 Å². The van der Waals surface area contributed by atoms with Gasteiger partial charge in [0.25, 0.3) is 0 Å². The number of hydrogen-bond donors (Lipinski definition) is 1. The summed E-state index contributed by atoms with van der Waals surface area (Å²) in [5, 5.41) is 0. The Hall–Kier alpha value is -1.09. The van der Waals surface area contributed by atoms with Gasteiger partial charge in [0, 0.05) is 11.6 Å². The minimum Gasteiger partial charge on any atom is -0.496 e. The summed E-state index contributed by atoms with van der Waals surface area (Å²) >= 11 is 0. The van der Waals surface area contributed by atoms with Crippen LogP contribution in [0.3, 0.4) is 0 Å². The zero-order valence-electron chi connectivity index (χ0n) is 8.80. The van der Waals surface area contributed by atoms with E-state index in [0.717, 1.165) is 5.56 Å². The van der Waals surface area contributed by atoms with E-state index in [1.165, 1.54) is 6.07 Å². The maximum atomic E-state index is 13.5. The van der Waals surface area contributed by atoms with Crippen LogP contribution in [0.1, 0.15) is 18.1 Å². The topological polar surface area (TPSA) is 35.2 Å². The minimum atomic E-state index is -0.237. The summed E-state index contributed by atoms with van der Waals surface area (Å²) in [5.41, 5.74) is 7.05. The summed E-state index contributed by atoms with van der Waals surface area (Å²) in [6.45, 7) is 3.68. The molecular weight excluding hydrogens is 181 g/mol. The molecule has 78 valence electrons. The highest BCUT2D eigenvalue weighted by Gasteiger charge is 2.11. The Balaban J connectivity index is 3.11. The predicted molar refractivity (Wildman–Crippen MR) is 55.0 cm³/mol. The fourth-order valence-corrected chi connectivity index (χ4v) is 1.44. The molecule has 0 aliphatic heterocycles. The van der Waals surface area contributed by atoms with Crippen molar-refractivity contribution in [3.05, 3.63) is 29.1 Å². The molecular formula is C11H16FNO. The van der Waals surface area contributed by atoms with Crippen molar-refractivity contribution in [1.82, 2.24) is 0 Å². The third kappa shape index (κ3) is 2.45. The SMILES string of the molecule is COc1cc(C)cc(F)c1C[C@@H](C)N. The molecule has 3 heteroatoms. The van der Waals surface area contributed by atoms with Crippen molar-refractivity contribution in [1.29, 1.82) is 0 Å². The van der Waals surface area contributed by atoms with Crippen LogP contribution in [0.15, 0.2) is 12.1 Å². The molecule has 1 aromatic rings. The fraction of sp³-hybridized carbons (Fsp3) is 0.455. The van der Waals surface area contributed by atoms with Gasteiger partial charge in [0.1, 0.15) is 11.6 Å². The van der Waals surface area contributed by atoms with Gasteiger partial charge in [-0.1, -0.05) is 0 Å². The zero-order chi connectivity index (χ0) is 10.7. The second kappa shape index (κ2) is 4.42. The van der Waals surface area contributed by atoms with Crippen molar-refractivity contribution < 1.29 is 9.13 Å². The molecule has 0 fully saturated rings. The first kappa shape index (κ1) is 11.0. The predicted octanol–water partition coefficient (Wildman–Crippen LogP) is 2.03. The Bertz CT molecular complexity index is 323. The van der Waals surface area contributed by atoms with E-state index in [9.17, 15) is 4.39 Å². The van der Waals surface area contributed by atoms with Gasteiger partial charge in [-0.2, -0.15) is 0 Å². The maximum Gasteiger partial charge on any atom is 0.130 e. The van der Waals surface area contributed by atoms with Gasteiger partial charge in [0.05, 0.1) is 7.11 Å². The maximum absolute atomic E-state index is 13.5. The van der Waals surface area contributed by atoms with E-state index < -0.39 is 0 Å². The lowest BCUT2D eigenvalue weighted by molar-refractivity contribution is 0.402. The van der Waals surface area contributed by atoms with E-state index >= 15 is 0 Å². The average molecular weight is 197 g/mol. The Morgan fingerprint density at radius 2 is 2.14 bits per heavy atom. The summed E-state index contributed by atoms with van der Waals surface area (Å²) in [6, 6.07) is 3.25. The smallest absolute Gasteiger partial charge is 0.130 e. The van der Waals surface area contributed by atoms with Crippen LogP contribution in [0, 0.1) is 12.7 Å². The molecule has 1 aromatic carbocycles. The first-order valence-electron chi connectivity index (χ1n) is 4.63. The molecule has 0 aliphatic rings. The molecule has 0 aromatic heterocycles. The van der Waals surface area contributed by atoms with E-state index in [2.05, 4.69) is 0 Å². The molecule has 2 nitrogen and oxygen atoms in total. The number of ether oxygens (including phenoxy) is 1. The van der Waals surface area contributed by atoms with E-state index in [0.29, 0.717) is 17.7 Å². The third-order valence-corrected chi connectivity index (χ3v) is 2.04. The van der Waals surface area contributed by atoms with Crippen LogP contribution in [0.5, 0.6) is 5.75 Å². The van der Waals surface area contributed by atoms with Gasteiger partial charge in [-0.05, 0) is 38.0 Å². The average Bonchev–Trinajstić information content (AvgIpc) is 2.08. The first-order chi connectivity index (χ1) is 6.54. The molecule has 0 spiro atoms. The van der Waals surface area contributed by atoms with Crippen LogP contribution in [-0.4, -0.2) is 13.2 Å². The van der Waals surface area contributed by atoms with Gasteiger partial charge in [0.2, 0.25) is 0 Å². The van der Waals surface area contributed by atoms with Crippen molar-refractivity contribution in [2.45, 2.75) is 26.3 Å². The number of hydrogen-bond acceptors (Lipinski definition) is 2. The highest BCUT2D eigenvalue weighted by atomic mass is 19.1. The van der Waals surface area contributed by atoms with Crippen molar-refractivity contribution in [3.8, 4) is 5.75 Å². The number of methoxy groups -OCH3 is 1. The number of nitrogens with two attached hydrogens (primary N) is 1. The first-order valence-corrected chi connectivity index (χ1v) is 4.63. The number of benzene rings is 1. The van der Waals surface area contributed by atoms with Gasteiger partial charge < -0.3 is 10.5 Å². The van der Waals surface area contributed by atoms with Gasteiger partial charge >= 0.3 is 0 Å². The van der Waals surface area contributed by atoms with Crippen LogP contribution in [-0.2, 0) is 6.42 Å². The Morgan fingerprint density at radius 1 is 1.50 bits per heavy atom. The normalized spacial score (nSPS) is 12.6. The number of aryl methyl sites for hydroxylation is 1. The third-order valence-electron chi connectivity index (χ3n) is 2.04. The largest absolute Gasteiger partial charge is 0.496 e. The van der Waals surface area contributed by atoms with Crippen molar-refractivity contribution >= 4 is 0 Å². The minimum absolute atomic E-state index is 0.0684. The molecule has 1 atom stereocenters. The molecule has 0 amide bonds.